The fourth-order valence-electron chi connectivity index (χ4n) is 0. The van der Waals surface area contributed by atoms with Crippen molar-refractivity contribution >= 4 is 29.9 Å². The molecule has 0 heterocycles. The van der Waals surface area contributed by atoms with Gasteiger partial charge in [-0.1, -0.05) is 0 Å². The molecule has 0 rings (SSSR count). The first-order valence-electron chi connectivity index (χ1n) is 0.144. The fraction of sp³-hybridized carbons (Fsp3) is 0. The summed E-state index contributed by atoms with van der Waals surface area (Å²) in [6.07, 6.45) is 0. The van der Waals surface area contributed by atoms with Crippen LogP contribution in [-0.2, 0) is 48.8 Å². The Kier molecular flexibility index (Phi) is 433. The zero-order chi connectivity index (χ0) is 2.00. The van der Waals surface area contributed by atoms with Crippen molar-refractivity contribution in [2.24, 2.45) is 0 Å². The van der Waals surface area contributed by atoms with Gasteiger partial charge >= 0.3 is 24.9 Å². The Hall–Kier alpha value is 2.07. The second kappa shape index (κ2) is 60.7. The summed E-state index contributed by atoms with van der Waals surface area (Å²) in [6.45, 7) is 0. The molecular weight excluding hydrogens is 235 g/mol. The summed E-state index contributed by atoms with van der Waals surface area (Å²) in [6, 6.07) is 0. The van der Waals surface area contributed by atoms with Gasteiger partial charge in [0.05, 0.1) is 0 Å². The van der Waals surface area contributed by atoms with Crippen molar-refractivity contribution in [3.8, 4) is 0 Å². The molecule has 0 fully saturated rings. The van der Waals surface area contributed by atoms with E-state index in [2.05, 4.69) is 24.9 Å². The summed E-state index contributed by atoms with van der Waals surface area (Å²) in [7, 11) is 3.83. The normalized spacial score (nSPS) is 0.833. The third-order valence-electron chi connectivity index (χ3n) is 0. The molecule has 0 unspecified atom stereocenters. The minimum atomic E-state index is 0. The van der Waals surface area contributed by atoms with E-state index in [0.29, 0.717) is 0 Å². The van der Waals surface area contributed by atoms with Gasteiger partial charge in [0.15, 0.2) is 0 Å². The molecule has 6 heteroatoms. The average molecular weight is 235 g/mol. The van der Waals surface area contributed by atoms with Crippen LogP contribution in [0.1, 0.15) is 0 Å². The van der Waals surface area contributed by atoms with E-state index in [1.807, 2.05) is 0 Å². The Bertz CT molecular complexity index is 13.5. The van der Waals surface area contributed by atoms with Gasteiger partial charge in [-0.15, -0.1) is 0 Å². The van der Waals surface area contributed by atoms with E-state index in [1.165, 1.54) is 0 Å². The largest absolute Gasteiger partial charge is 0 e. The van der Waals surface area contributed by atoms with Gasteiger partial charge in [-0.3, -0.25) is 0 Å². The van der Waals surface area contributed by atoms with Crippen LogP contribution in [0.5, 0.6) is 0 Å². The quantitative estimate of drug-likeness (QED) is 0.527. The molecule has 0 saturated heterocycles. The third-order valence-corrected chi connectivity index (χ3v) is 0. The molecule has 0 N–H and O–H groups in total. The smallest absolute Gasteiger partial charge is 0 e. The van der Waals surface area contributed by atoms with Crippen LogP contribution in [0.25, 0.3) is 0 Å². The van der Waals surface area contributed by atoms with Crippen molar-refractivity contribution in [1.29, 1.82) is 0 Å². The van der Waals surface area contributed by atoms with Crippen molar-refractivity contribution in [2.45, 2.75) is 0 Å². The second-order valence-corrected chi connectivity index (χ2v) is 0. The molecule has 0 aliphatic heterocycles. The molecule has 0 aliphatic carbocycles. The molecule has 7 radical (unpaired) electrons. The van der Waals surface area contributed by atoms with Gasteiger partial charge in [0.1, 0.15) is 0 Å². The molecule has 0 aliphatic rings. The molecule has 6 heavy (non-hydrogen) atoms. The maximum absolute atomic E-state index is 3.83. The number of rotatable bonds is 0. The van der Waals surface area contributed by atoms with Crippen molar-refractivity contribution < 1.29 is 48.8 Å². The average Bonchev–Trinajstić information content (AvgIpc) is 1.00. The van der Waals surface area contributed by atoms with E-state index < -0.39 is 0 Å². The van der Waals surface area contributed by atoms with Gasteiger partial charge in [-0.05, 0) is 0 Å². The summed E-state index contributed by atoms with van der Waals surface area (Å²) in [5.74, 6) is 0. The molecular formula is BCrFe2SSi. The van der Waals surface area contributed by atoms with Crippen LogP contribution >= 0.6 is 10.6 Å². The van der Waals surface area contributed by atoms with Gasteiger partial charge in [0.2, 0.25) is 0 Å². The Labute approximate surface area is 78.1 Å². The summed E-state index contributed by atoms with van der Waals surface area (Å²) in [5, 5.41) is 0. The molecule has 0 bridgehead atoms. The Morgan fingerprint density at radius 1 is 1.17 bits per heavy atom. The topological polar surface area (TPSA) is 0 Å². The maximum Gasteiger partial charge on any atom is 0 e. The minimum absolute atomic E-state index is 0. The van der Waals surface area contributed by atoms with Crippen LogP contribution in [0.3, 0.4) is 0 Å². The van der Waals surface area contributed by atoms with Crippen LogP contribution in [0.4, 0.5) is 0 Å². The molecule has 0 aromatic heterocycles. The van der Waals surface area contributed by atoms with Gasteiger partial charge in [-0.2, -0.15) is 0 Å². The first-order valence-corrected chi connectivity index (χ1v) is 1.79. The molecule has 0 saturated carbocycles. The van der Waals surface area contributed by atoms with Gasteiger partial charge < -0.3 is 0 Å². The molecule has 0 spiro atoms. The Morgan fingerprint density at radius 3 is 1.17 bits per heavy atom. The summed E-state index contributed by atoms with van der Waals surface area (Å²) >= 11 is 2.83. The van der Waals surface area contributed by atoms with Crippen molar-refractivity contribution in [1.82, 2.24) is 0 Å². The van der Waals surface area contributed by atoms with E-state index in [-0.39, 0.29) is 53.8 Å². The van der Waals surface area contributed by atoms with Gasteiger partial charge in [-0.25, -0.2) is 0 Å². The monoisotopic (exact) mass is 235 g/mol. The molecule has 0 amide bonds. The molecule has 0 nitrogen and oxygen atoms in total. The predicted molar refractivity (Wildman–Crippen MR) is 19.1 cm³/mol. The van der Waals surface area contributed by atoms with Crippen molar-refractivity contribution in [3.63, 3.8) is 0 Å². The van der Waals surface area contributed by atoms with E-state index >= 15 is 0 Å². The standard InChI is InChI=1S/B.Cr.2Fe.S.Si. The third kappa shape index (κ3) is 36.4. The Balaban J connectivity index is -0.000000000833. The van der Waals surface area contributed by atoms with E-state index in [4.69, 9.17) is 0 Å². The van der Waals surface area contributed by atoms with E-state index in [9.17, 15) is 0 Å². The van der Waals surface area contributed by atoms with Crippen LogP contribution in [0.2, 0.25) is 0 Å². The zero-order valence-electron chi connectivity index (χ0n) is 2.60. The van der Waals surface area contributed by atoms with Gasteiger partial charge in [0.25, 0.3) is 0 Å². The molecule has 0 atom stereocenters. The van der Waals surface area contributed by atoms with Crippen LogP contribution in [-0.4, -0.2) is 19.4 Å². The SMILES string of the molecule is [B].[Cr].[Fe].[S]=[Fe].[Si]. The van der Waals surface area contributed by atoms with Crippen molar-refractivity contribution in [2.75, 3.05) is 0 Å². The Morgan fingerprint density at radius 2 is 1.17 bits per heavy atom. The minimum Gasteiger partial charge on any atom is 0 e. The first kappa shape index (κ1) is 42.8. The molecule has 35 valence electrons. The molecule has 0 aromatic rings. The molecule has 0 aromatic carbocycles. The summed E-state index contributed by atoms with van der Waals surface area (Å²) in [4.78, 5) is 0. The van der Waals surface area contributed by atoms with Crippen LogP contribution < -0.4 is 0 Å². The maximum atomic E-state index is 3.83. The number of hydrogen-bond acceptors (Lipinski definition) is 1. The van der Waals surface area contributed by atoms with Crippen LogP contribution in [0, 0.1) is 0 Å². The predicted octanol–water partition coefficient (Wildman–Crippen LogP) is -0.121. The van der Waals surface area contributed by atoms with Crippen molar-refractivity contribution in [3.05, 3.63) is 0 Å². The van der Waals surface area contributed by atoms with E-state index in [1.54, 1.807) is 0 Å². The first-order chi connectivity index (χ1) is 1.00. The van der Waals surface area contributed by atoms with E-state index in [0.717, 1.165) is 0 Å². The van der Waals surface area contributed by atoms with Crippen LogP contribution in [0.15, 0.2) is 0 Å². The number of hydrogen-bond donors (Lipinski definition) is 0. The summed E-state index contributed by atoms with van der Waals surface area (Å²) in [5.41, 5.74) is 0. The van der Waals surface area contributed by atoms with Gasteiger partial charge in [0, 0.05) is 53.8 Å². The zero-order valence-corrected chi connectivity index (χ0v) is 7.90. The second-order valence-electron chi connectivity index (χ2n) is 0. The fourth-order valence-corrected chi connectivity index (χ4v) is 0. The summed E-state index contributed by atoms with van der Waals surface area (Å²) < 4.78 is 0.